The molecule has 0 aromatic heterocycles. The molecule has 0 aromatic rings. The molecular weight excluding hydrogens is 312 g/mol. The van der Waals surface area contributed by atoms with Crippen molar-refractivity contribution >= 4 is 17.1 Å². The Kier molecular flexibility index (Phi) is 18.3. The van der Waals surface area contributed by atoms with Crippen molar-refractivity contribution in [1.29, 1.82) is 0 Å². The second-order valence-corrected chi connectivity index (χ2v) is 13.4. The molecule has 138 valence electrons. The Balaban J connectivity index is -0.00000180. The average Bonchev–Trinajstić information content (AvgIpc) is 2.46. The predicted molar refractivity (Wildman–Crippen MR) is 102 cm³/mol. The molecule has 0 radical (unpaired) electrons. The first-order valence-electron chi connectivity index (χ1n) is 7.66. The third kappa shape index (κ3) is 11.8. The van der Waals surface area contributed by atoms with Gasteiger partial charge in [0.05, 0.1) is 0 Å². The Morgan fingerprint density at radius 2 is 0.909 bits per heavy atom. The summed E-state index contributed by atoms with van der Waals surface area (Å²) in [5.74, 6) is 0. The largest absolute Gasteiger partial charge is 0.500 e. The van der Waals surface area contributed by atoms with E-state index in [-0.39, 0.29) is 14.9 Å². The quantitative estimate of drug-likeness (QED) is 0.331. The van der Waals surface area contributed by atoms with E-state index in [1.165, 1.54) is 38.1 Å². The van der Waals surface area contributed by atoms with Gasteiger partial charge in [-0.1, -0.05) is 47.0 Å². The van der Waals surface area contributed by atoms with Crippen LogP contribution in [-0.4, -0.2) is 45.6 Å². The van der Waals surface area contributed by atoms with Crippen LogP contribution >= 0.6 is 0 Å². The topological polar surface area (TPSA) is 36.9 Å². The molecule has 0 saturated heterocycles. The van der Waals surface area contributed by atoms with E-state index in [0.717, 1.165) is 12.5 Å². The fourth-order valence-corrected chi connectivity index (χ4v) is 5.36. The van der Waals surface area contributed by atoms with E-state index in [0.29, 0.717) is 0 Å². The standard InChI is InChI=1S/C14H34O4Si2.2CH4/c1-15-19(5,6)13-11-9-7-8-10-12-14-20(16-2,17-3)18-4;;/h7-14H2,1-6H3;2*1H4. The summed E-state index contributed by atoms with van der Waals surface area (Å²) >= 11 is 0. The highest BCUT2D eigenvalue weighted by Gasteiger charge is 2.36. The summed E-state index contributed by atoms with van der Waals surface area (Å²) in [5.41, 5.74) is 0. The van der Waals surface area contributed by atoms with Gasteiger partial charge in [0.1, 0.15) is 0 Å². The maximum Gasteiger partial charge on any atom is 0.500 e. The Labute approximate surface area is 142 Å². The second kappa shape index (κ2) is 14.8. The molecule has 0 unspecified atom stereocenters. The lowest BCUT2D eigenvalue weighted by molar-refractivity contribution is 0.122. The summed E-state index contributed by atoms with van der Waals surface area (Å²) in [4.78, 5) is 0. The lowest BCUT2D eigenvalue weighted by Crippen LogP contribution is -2.42. The highest BCUT2D eigenvalue weighted by atomic mass is 28.4. The summed E-state index contributed by atoms with van der Waals surface area (Å²) in [5, 5.41) is 0. The van der Waals surface area contributed by atoms with Crippen LogP contribution in [0, 0.1) is 0 Å². The zero-order valence-corrected chi connectivity index (χ0v) is 16.3. The van der Waals surface area contributed by atoms with Crippen molar-refractivity contribution in [3.8, 4) is 0 Å². The second-order valence-electron chi connectivity index (χ2n) is 5.88. The Morgan fingerprint density at radius 3 is 1.27 bits per heavy atom. The van der Waals surface area contributed by atoms with Crippen molar-refractivity contribution in [3.05, 3.63) is 0 Å². The smallest absolute Gasteiger partial charge is 0.420 e. The van der Waals surface area contributed by atoms with Crippen LogP contribution in [-0.2, 0) is 17.7 Å². The summed E-state index contributed by atoms with van der Waals surface area (Å²) in [6, 6.07) is 2.19. The highest BCUT2D eigenvalue weighted by Crippen LogP contribution is 2.19. The molecule has 0 heterocycles. The molecule has 0 aliphatic rings. The van der Waals surface area contributed by atoms with Crippen molar-refractivity contribution in [2.45, 2.75) is 78.6 Å². The van der Waals surface area contributed by atoms with E-state index in [2.05, 4.69) is 13.1 Å². The SMILES string of the molecule is C.C.CO[Si](C)(C)CCCCCCCC[Si](OC)(OC)OC. The van der Waals surface area contributed by atoms with E-state index >= 15 is 0 Å². The summed E-state index contributed by atoms with van der Waals surface area (Å²) in [6.45, 7) is 4.58. The van der Waals surface area contributed by atoms with Crippen LogP contribution in [0.25, 0.3) is 0 Å². The van der Waals surface area contributed by atoms with Crippen LogP contribution in [0.15, 0.2) is 0 Å². The lowest BCUT2D eigenvalue weighted by Gasteiger charge is -2.24. The van der Waals surface area contributed by atoms with E-state index in [9.17, 15) is 0 Å². The van der Waals surface area contributed by atoms with E-state index in [4.69, 9.17) is 17.7 Å². The van der Waals surface area contributed by atoms with Crippen molar-refractivity contribution in [2.75, 3.05) is 28.4 Å². The molecule has 6 heteroatoms. The van der Waals surface area contributed by atoms with Gasteiger partial charge in [0.2, 0.25) is 0 Å². The first-order valence-corrected chi connectivity index (χ1v) is 12.7. The van der Waals surface area contributed by atoms with Gasteiger partial charge in [-0.05, 0) is 25.6 Å². The van der Waals surface area contributed by atoms with Gasteiger partial charge in [0.25, 0.3) is 0 Å². The molecule has 0 fully saturated rings. The van der Waals surface area contributed by atoms with Gasteiger partial charge in [-0.15, -0.1) is 0 Å². The van der Waals surface area contributed by atoms with Gasteiger partial charge in [-0.25, -0.2) is 0 Å². The number of hydrogen-bond acceptors (Lipinski definition) is 4. The van der Waals surface area contributed by atoms with Gasteiger partial charge in [0.15, 0.2) is 8.32 Å². The first-order chi connectivity index (χ1) is 9.45. The normalized spacial score (nSPS) is 11.7. The molecular formula is C16H42O4Si2. The molecule has 0 aliphatic heterocycles. The van der Waals surface area contributed by atoms with Crippen molar-refractivity contribution in [1.82, 2.24) is 0 Å². The van der Waals surface area contributed by atoms with Crippen LogP contribution in [0.3, 0.4) is 0 Å². The summed E-state index contributed by atoms with van der Waals surface area (Å²) in [6.07, 6.45) is 7.59. The molecule has 0 atom stereocenters. The molecule has 0 spiro atoms. The molecule has 0 saturated carbocycles. The molecule has 4 nitrogen and oxygen atoms in total. The number of rotatable bonds is 13. The Morgan fingerprint density at radius 1 is 0.545 bits per heavy atom. The van der Waals surface area contributed by atoms with E-state index < -0.39 is 17.1 Å². The van der Waals surface area contributed by atoms with Crippen LogP contribution in [0.4, 0.5) is 0 Å². The fraction of sp³-hybridized carbons (Fsp3) is 1.00. The minimum atomic E-state index is -2.33. The Hall–Kier alpha value is 0.274. The van der Waals surface area contributed by atoms with Crippen molar-refractivity contribution < 1.29 is 17.7 Å². The molecule has 0 N–H and O–H groups in total. The Bertz CT molecular complexity index is 226. The molecule has 0 aromatic carbocycles. The van der Waals surface area contributed by atoms with Crippen LogP contribution in [0.1, 0.15) is 53.4 Å². The molecule has 0 amide bonds. The molecule has 22 heavy (non-hydrogen) atoms. The van der Waals surface area contributed by atoms with Crippen molar-refractivity contribution in [3.63, 3.8) is 0 Å². The number of hydrogen-bond donors (Lipinski definition) is 0. The third-order valence-corrected chi connectivity index (χ3v) is 9.49. The maximum atomic E-state index is 5.56. The van der Waals surface area contributed by atoms with Crippen LogP contribution in [0.2, 0.25) is 25.2 Å². The van der Waals surface area contributed by atoms with Gasteiger partial charge >= 0.3 is 8.80 Å². The fourth-order valence-electron chi connectivity index (χ4n) is 2.26. The van der Waals surface area contributed by atoms with Crippen LogP contribution < -0.4 is 0 Å². The lowest BCUT2D eigenvalue weighted by atomic mass is 10.1. The predicted octanol–water partition coefficient (Wildman–Crippen LogP) is 5.33. The zero-order chi connectivity index (χ0) is 15.5. The minimum absolute atomic E-state index is 0. The van der Waals surface area contributed by atoms with Gasteiger partial charge in [-0.3, -0.25) is 0 Å². The van der Waals surface area contributed by atoms with Crippen molar-refractivity contribution in [2.24, 2.45) is 0 Å². The van der Waals surface area contributed by atoms with E-state index in [1.54, 1.807) is 21.3 Å². The summed E-state index contributed by atoms with van der Waals surface area (Å²) < 4.78 is 21.8. The first kappa shape index (κ1) is 27.1. The van der Waals surface area contributed by atoms with Gasteiger partial charge in [0, 0.05) is 34.5 Å². The number of unbranched alkanes of at least 4 members (excludes halogenated alkanes) is 5. The monoisotopic (exact) mass is 354 g/mol. The minimum Gasteiger partial charge on any atom is -0.420 e. The van der Waals surface area contributed by atoms with Crippen LogP contribution in [0.5, 0.6) is 0 Å². The van der Waals surface area contributed by atoms with Gasteiger partial charge in [-0.2, -0.15) is 0 Å². The molecule has 0 rings (SSSR count). The third-order valence-electron chi connectivity index (χ3n) is 4.00. The maximum absolute atomic E-state index is 5.56. The van der Waals surface area contributed by atoms with Gasteiger partial charge < -0.3 is 17.7 Å². The average molecular weight is 355 g/mol. The molecule has 0 aliphatic carbocycles. The summed E-state index contributed by atoms with van der Waals surface area (Å²) in [7, 11) is 3.22. The molecule has 0 bridgehead atoms. The zero-order valence-electron chi connectivity index (χ0n) is 14.3. The van der Waals surface area contributed by atoms with E-state index in [1.807, 2.05) is 7.11 Å². The highest BCUT2D eigenvalue weighted by molar-refractivity contribution is 6.71.